The van der Waals surface area contributed by atoms with Crippen LogP contribution in [0.1, 0.15) is 40.5 Å². The molecule has 0 aromatic heterocycles. The maximum Gasteiger partial charge on any atom is 0.306 e. The lowest BCUT2D eigenvalue weighted by Gasteiger charge is -2.13. The molecule has 0 amide bonds. The van der Waals surface area contributed by atoms with Crippen LogP contribution in [0.5, 0.6) is 0 Å². The summed E-state index contributed by atoms with van der Waals surface area (Å²) in [4.78, 5) is 11.7. The van der Waals surface area contributed by atoms with E-state index in [-0.39, 0.29) is 11.9 Å². The molecule has 1 rings (SSSR count). The fraction of sp³-hybridized carbons (Fsp3) is 0.533. The second-order valence-electron chi connectivity index (χ2n) is 4.85. The number of carbonyl (C=O) groups is 1. The van der Waals surface area contributed by atoms with Crippen LogP contribution in [0.3, 0.4) is 0 Å². The standard InChI is InChI=1S/C15H22O2/c1-12(2)9-13(3)10-15(16)17-11-14-7-5-4-6-8-14/h4-8,12-13H,9-11H2,1-3H3/t13-/m0/s1/i3T. The van der Waals surface area contributed by atoms with Crippen LogP contribution >= 0.6 is 0 Å². The molecule has 0 fully saturated rings. The summed E-state index contributed by atoms with van der Waals surface area (Å²) < 4.78 is 12.7. The van der Waals surface area contributed by atoms with Gasteiger partial charge in [0.05, 0.1) is 0 Å². The van der Waals surface area contributed by atoms with Gasteiger partial charge < -0.3 is 4.74 Å². The van der Waals surface area contributed by atoms with Crippen molar-refractivity contribution in [2.24, 2.45) is 11.8 Å². The Labute approximate surface area is 105 Å². The van der Waals surface area contributed by atoms with E-state index in [2.05, 4.69) is 13.8 Å². The topological polar surface area (TPSA) is 26.3 Å². The first kappa shape index (κ1) is 12.2. The second-order valence-corrected chi connectivity index (χ2v) is 4.85. The van der Waals surface area contributed by atoms with Gasteiger partial charge in [0, 0.05) is 7.79 Å². The molecule has 0 saturated heterocycles. The molecule has 17 heavy (non-hydrogen) atoms. The van der Waals surface area contributed by atoms with Gasteiger partial charge in [-0.15, -0.1) is 0 Å². The normalized spacial score (nSPS) is 13.2. The summed E-state index contributed by atoms with van der Waals surface area (Å²) in [6.45, 7) is 4.83. The van der Waals surface area contributed by atoms with E-state index < -0.39 is 0 Å². The molecule has 0 heterocycles. The highest BCUT2D eigenvalue weighted by atomic mass is 16.5. The summed E-state index contributed by atoms with van der Waals surface area (Å²) in [6.07, 6.45) is 1.26. The Bertz CT molecular complexity index is 349. The molecule has 1 atom stereocenters. The minimum atomic E-state index is -0.197. The molecule has 0 aliphatic rings. The molecule has 0 N–H and O–H groups in total. The van der Waals surface area contributed by atoms with Crippen LogP contribution in [0.4, 0.5) is 0 Å². The smallest absolute Gasteiger partial charge is 0.306 e. The predicted molar refractivity (Wildman–Crippen MR) is 69.5 cm³/mol. The lowest BCUT2D eigenvalue weighted by atomic mass is 9.96. The van der Waals surface area contributed by atoms with E-state index in [0.29, 0.717) is 25.8 Å². The lowest BCUT2D eigenvalue weighted by Crippen LogP contribution is -2.11. The number of hydrogen-bond donors (Lipinski definition) is 0. The zero-order valence-corrected chi connectivity index (χ0v) is 10.7. The van der Waals surface area contributed by atoms with E-state index in [9.17, 15) is 4.79 Å². The summed E-state index contributed by atoms with van der Waals surface area (Å²) in [7, 11) is 0. The number of rotatable bonds is 6. The highest BCUT2D eigenvalue weighted by molar-refractivity contribution is 5.69. The molecule has 0 spiro atoms. The fourth-order valence-electron chi connectivity index (χ4n) is 1.78. The average Bonchev–Trinajstić information content (AvgIpc) is 2.36. The third-order valence-electron chi connectivity index (χ3n) is 2.50. The van der Waals surface area contributed by atoms with E-state index in [1.165, 1.54) is 0 Å². The largest absolute Gasteiger partial charge is 0.461 e. The van der Waals surface area contributed by atoms with Crippen LogP contribution in [0, 0.1) is 11.8 Å². The van der Waals surface area contributed by atoms with Crippen molar-refractivity contribution in [3.05, 3.63) is 35.9 Å². The molecule has 2 nitrogen and oxygen atoms in total. The van der Waals surface area contributed by atoms with Crippen LogP contribution < -0.4 is 0 Å². The summed E-state index contributed by atoms with van der Waals surface area (Å²) in [5.41, 5.74) is 0.997. The first-order chi connectivity index (χ1) is 8.61. The Morgan fingerprint density at radius 3 is 2.65 bits per heavy atom. The van der Waals surface area contributed by atoms with Gasteiger partial charge in [-0.1, -0.05) is 51.1 Å². The maximum atomic E-state index is 11.7. The summed E-state index contributed by atoms with van der Waals surface area (Å²) in [5.74, 6) is 0.437. The van der Waals surface area contributed by atoms with Gasteiger partial charge in [0.2, 0.25) is 0 Å². The molecular formula is C15H22O2. The van der Waals surface area contributed by atoms with Crippen molar-refractivity contribution in [2.45, 2.75) is 40.2 Å². The summed E-state index contributed by atoms with van der Waals surface area (Å²) >= 11 is 0. The first-order valence-electron chi connectivity index (χ1n) is 6.81. The molecule has 0 unspecified atom stereocenters. The van der Waals surface area contributed by atoms with E-state index in [1.807, 2.05) is 30.3 Å². The van der Waals surface area contributed by atoms with E-state index in [0.717, 1.165) is 12.0 Å². The molecule has 1 aromatic rings. The molecule has 0 radical (unpaired) electrons. The Balaban J connectivity index is 2.32. The van der Waals surface area contributed by atoms with Crippen LogP contribution in [-0.4, -0.2) is 5.97 Å². The zero-order chi connectivity index (χ0) is 13.4. The van der Waals surface area contributed by atoms with Crippen molar-refractivity contribution in [1.82, 2.24) is 0 Å². The minimum Gasteiger partial charge on any atom is -0.461 e. The van der Waals surface area contributed by atoms with Crippen molar-refractivity contribution in [2.75, 3.05) is 0 Å². The van der Waals surface area contributed by atoms with Crippen LogP contribution in [0.2, 0.25) is 0 Å². The van der Waals surface area contributed by atoms with Gasteiger partial charge in [0.1, 0.15) is 6.61 Å². The number of hydrogen-bond acceptors (Lipinski definition) is 2. The van der Waals surface area contributed by atoms with E-state index in [1.54, 1.807) is 0 Å². The van der Waals surface area contributed by atoms with Crippen LogP contribution in [0.25, 0.3) is 0 Å². The highest BCUT2D eigenvalue weighted by Crippen LogP contribution is 2.15. The Hall–Kier alpha value is -1.31. The van der Waals surface area contributed by atoms with Crippen molar-refractivity contribution < 1.29 is 10.9 Å². The maximum absolute atomic E-state index is 11.7. The molecule has 2 heteroatoms. The third kappa shape index (κ3) is 6.10. The van der Waals surface area contributed by atoms with E-state index in [4.69, 9.17) is 6.11 Å². The molecule has 1 aromatic carbocycles. The van der Waals surface area contributed by atoms with Gasteiger partial charge in [0.15, 0.2) is 0 Å². The number of ether oxygens (including phenoxy) is 1. The molecular weight excluding hydrogens is 212 g/mol. The monoisotopic (exact) mass is 236 g/mol. The van der Waals surface area contributed by atoms with Crippen molar-refractivity contribution in [1.29, 1.82) is 0 Å². The Morgan fingerprint density at radius 1 is 1.35 bits per heavy atom. The van der Waals surface area contributed by atoms with Gasteiger partial charge in [-0.3, -0.25) is 4.79 Å². The molecule has 0 aliphatic heterocycles. The van der Waals surface area contributed by atoms with Crippen molar-refractivity contribution in [3.8, 4) is 0 Å². The minimum absolute atomic E-state index is 0.119. The van der Waals surface area contributed by atoms with Gasteiger partial charge in [-0.25, -0.2) is 0 Å². The molecule has 0 bridgehead atoms. The molecule has 94 valence electrons. The highest BCUT2D eigenvalue weighted by Gasteiger charge is 2.11. The summed E-state index contributed by atoms with van der Waals surface area (Å²) in [5, 5.41) is 0. The fourth-order valence-corrected chi connectivity index (χ4v) is 1.78. The van der Waals surface area contributed by atoms with Crippen LogP contribution in [-0.2, 0) is 16.1 Å². The van der Waals surface area contributed by atoms with Gasteiger partial charge in [-0.05, 0) is 23.8 Å². The average molecular weight is 236 g/mol. The number of carbonyl (C=O) groups excluding carboxylic acids is 1. The Morgan fingerprint density at radius 2 is 2.06 bits per heavy atom. The van der Waals surface area contributed by atoms with Crippen LogP contribution in [0.15, 0.2) is 30.3 Å². The third-order valence-corrected chi connectivity index (χ3v) is 2.50. The first-order valence-corrected chi connectivity index (χ1v) is 6.10. The number of esters is 1. The van der Waals surface area contributed by atoms with Crippen molar-refractivity contribution in [3.63, 3.8) is 0 Å². The van der Waals surface area contributed by atoms with Gasteiger partial charge in [0.25, 0.3) is 0 Å². The summed E-state index contributed by atoms with van der Waals surface area (Å²) in [6, 6.07) is 9.65. The van der Waals surface area contributed by atoms with Gasteiger partial charge in [-0.2, -0.15) is 0 Å². The predicted octanol–water partition coefficient (Wildman–Crippen LogP) is 3.80. The lowest BCUT2D eigenvalue weighted by molar-refractivity contribution is -0.146. The van der Waals surface area contributed by atoms with Gasteiger partial charge >= 0.3 is 5.97 Å². The number of benzene rings is 1. The SMILES string of the molecule is [3H]C[C@H](CC(=O)OCc1ccccc1)CC(C)C. The molecule has 0 saturated carbocycles. The quantitative estimate of drug-likeness (QED) is 0.702. The Kier molecular flexibility index (Phi) is 5.08. The van der Waals surface area contributed by atoms with E-state index >= 15 is 0 Å². The second kappa shape index (κ2) is 7.10. The van der Waals surface area contributed by atoms with Crippen molar-refractivity contribution >= 4 is 5.97 Å². The molecule has 0 aliphatic carbocycles. The zero-order valence-electron chi connectivity index (χ0n) is 11.7.